The highest BCUT2D eigenvalue weighted by atomic mass is 32.2. The molecule has 0 bridgehead atoms. The number of carboxylic acids is 1. The molecule has 102 heavy (non-hydrogen) atoms. The molecule has 0 spiro atoms. The number of nitrogens with zero attached hydrogens (tertiary/aromatic N) is 11. The fourth-order valence-electron chi connectivity index (χ4n) is 14.0. The van der Waals surface area contributed by atoms with Crippen LogP contribution in [0.15, 0.2) is 143 Å². The van der Waals surface area contributed by atoms with Crippen LogP contribution >= 0.6 is 0 Å². The molecule has 7 heterocycles. The summed E-state index contributed by atoms with van der Waals surface area (Å²) >= 11 is 0. The van der Waals surface area contributed by atoms with E-state index in [0.29, 0.717) is 64.8 Å². The number of hydrogen-bond acceptors (Lipinski definition) is 21. The third kappa shape index (κ3) is 16.5. The van der Waals surface area contributed by atoms with Crippen LogP contribution in [0.5, 0.6) is 0 Å². The zero-order chi connectivity index (χ0) is 73.5. The van der Waals surface area contributed by atoms with Crippen molar-refractivity contribution < 1.29 is 54.3 Å². The lowest BCUT2D eigenvalue weighted by Crippen LogP contribution is -2.37. The Morgan fingerprint density at radius 2 is 0.971 bits per heavy atom. The number of anilines is 2. The van der Waals surface area contributed by atoms with Crippen molar-refractivity contribution in [3.05, 3.63) is 151 Å². The number of Topliss-reactive ketones (excluding diaryl/α,β-unsaturated/α-hetero) is 1. The van der Waals surface area contributed by atoms with E-state index in [4.69, 9.17) is 10.9 Å². The molecule has 7 aromatic heterocycles. The number of carbonyl (C=O) groups is 5. The van der Waals surface area contributed by atoms with Crippen LogP contribution in [0.1, 0.15) is 134 Å². The van der Waals surface area contributed by atoms with Gasteiger partial charge in [-0.15, -0.1) is 10.2 Å². The van der Waals surface area contributed by atoms with Crippen molar-refractivity contribution >= 4 is 110 Å². The Bertz CT molecular complexity index is 5080. The Balaban J connectivity index is 0.000000154. The summed E-state index contributed by atoms with van der Waals surface area (Å²) in [7, 11) is -11.3. The maximum absolute atomic E-state index is 13.3. The lowest BCUT2D eigenvalue weighted by Gasteiger charge is -2.17. The number of nitrogen functional groups attached to an aromatic ring is 1. The molecule has 10 aromatic rings. The average molecular weight is 1450 g/mol. The number of aryl methyl sites for hydroxylation is 3. The molecule has 0 unspecified atom stereocenters. The number of nitrogens with two attached hydrogens (primary N) is 1. The van der Waals surface area contributed by atoms with Gasteiger partial charge < -0.3 is 26.0 Å². The minimum absolute atomic E-state index is 0.00964. The number of fused-ring (bicyclic) bond motifs is 5. The van der Waals surface area contributed by atoms with Crippen molar-refractivity contribution in [1.29, 1.82) is 0 Å². The van der Waals surface area contributed by atoms with Crippen LogP contribution in [0.4, 0.5) is 11.6 Å². The first-order valence-electron chi connectivity index (χ1n) is 33.7. The maximum Gasteiger partial charge on any atom is 0.306 e. The smallest absolute Gasteiger partial charge is 0.306 e. The summed E-state index contributed by atoms with van der Waals surface area (Å²) in [4.78, 5) is 79.5. The summed E-state index contributed by atoms with van der Waals surface area (Å²) in [5.74, 6) is 6.66. The predicted octanol–water partition coefficient (Wildman–Crippen LogP) is 8.76. The van der Waals surface area contributed by atoms with Crippen molar-refractivity contribution in [3.63, 3.8) is 0 Å². The normalized spacial score (nSPS) is 20.4. The second-order valence-electron chi connectivity index (χ2n) is 26.3. The van der Waals surface area contributed by atoms with E-state index in [1.54, 1.807) is 110 Å². The number of aromatic nitrogens is 11. The molecule has 3 aliphatic carbocycles. The van der Waals surface area contributed by atoms with Crippen LogP contribution in [-0.2, 0) is 54.0 Å². The van der Waals surface area contributed by atoms with E-state index < -0.39 is 36.0 Å². The van der Waals surface area contributed by atoms with Crippen molar-refractivity contribution in [2.24, 2.45) is 41.4 Å². The number of rotatable bonds is 19. The van der Waals surface area contributed by atoms with Crippen LogP contribution in [0.3, 0.4) is 0 Å². The molecule has 3 fully saturated rings. The number of hydrogen-bond donors (Lipinski definition) is 7. The topological polar surface area (TPSA) is 404 Å². The number of carbonyl (C=O) groups excluding carboxylic acids is 4. The van der Waals surface area contributed by atoms with Crippen molar-refractivity contribution in [1.82, 2.24) is 67.5 Å². The molecular weight excluding hydrogens is 1370 g/mol. The van der Waals surface area contributed by atoms with Gasteiger partial charge in [-0.3, -0.25) is 34.4 Å². The van der Waals surface area contributed by atoms with Crippen molar-refractivity contribution in [2.45, 2.75) is 159 Å². The molecule has 540 valence electrons. The van der Waals surface area contributed by atoms with Crippen molar-refractivity contribution in [3.8, 4) is 0 Å². The van der Waals surface area contributed by atoms with E-state index in [0.717, 1.165) is 75.4 Å². The molecule has 3 aromatic carbocycles. The van der Waals surface area contributed by atoms with Gasteiger partial charge in [-0.2, -0.15) is 0 Å². The van der Waals surface area contributed by atoms with E-state index in [-0.39, 0.29) is 97.0 Å². The Morgan fingerprint density at radius 1 is 0.529 bits per heavy atom. The molecule has 3 saturated carbocycles. The SMILES string of the molecule is CC[C@@H]1C[C@H](CC(C)=O)C[C@@H]1c1nnc2cnc3c(ccn3S(=O)(=O)c3ccc(C)cc3)n12.CC[C@@H]1C[C@H](NC(C)=O)C[C@@H]1C(=O)NNc1cnc2c(ccn2S(=O)(=O)c2ccc(C)cc2)n1.CC[C@@H]1C[C@H](NC(C)=O)C[C@@H]1C(=O)O.Cc1ccc(S(=O)(=O)n2ccc3nc(NN)cnc32)cc1. The second kappa shape index (κ2) is 31.5. The summed E-state index contributed by atoms with van der Waals surface area (Å²) in [6.45, 7) is 16.5. The standard InChI is InChI=1S/C24H27N5O3S.C23H28N6O4S.C13H13N5O2S.C10H17NO3/c1-4-18-12-17(11-16(3)30)13-20(18)23-27-26-22-14-25-24-21(29(22)23)9-10-28(24)33(31,32)19-7-5-15(2)6-8-19;1-4-16-11-17(25-15(3)30)12-19(16)23(31)28-27-21-13-24-22-20(26-21)9-10-29(22)34(32,33)18-7-5-14(2)6-8-18;1-9-2-4-10(5-3-9)21(19,20)18-7-6-11-13(18)15-8-12(16-11)17-14;1-3-7-4-8(11-6(2)12)5-9(7)10(13)14/h5-10,14,17-18,20H,4,11-13H2,1-3H3;5-10,13,16-17,19H,4,11-12H2,1-3H3,(H,25,30)(H,26,27)(H,28,31);2-8H,14H2,1H3,(H,16,17);7-9H,3-5H2,1-2H3,(H,11,12)(H,13,14)/t17-,18+,20-;16-,17+,19+;;7-,8+,9+/m01.1/s1. The van der Waals surface area contributed by atoms with Crippen LogP contribution in [0, 0.1) is 56.3 Å². The van der Waals surface area contributed by atoms with Crippen LogP contribution in [0.25, 0.3) is 39.1 Å². The Morgan fingerprint density at radius 3 is 1.42 bits per heavy atom. The number of benzene rings is 3. The molecule has 32 heteroatoms. The van der Waals surface area contributed by atoms with Gasteiger partial charge in [0.25, 0.3) is 30.1 Å². The van der Waals surface area contributed by atoms with E-state index in [1.165, 1.54) is 42.6 Å². The fraction of sp³-hybridized carbons (Fsp3) is 0.400. The zero-order valence-corrected chi connectivity index (χ0v) is 60.5. The lowest BCUT2D eigenvalue weighted by molar-refractivity contribution is -0.143. The zero-order valence-electron chi connectivity index (χ0n) is 58.1. The maximum atomic E-state index is 13.3. The minimum Gasteiger partial charge on any atom is -0.481 e. The molecule has 0 radical (unpaired) electrons. The molecule has 13 rings (SSSR count). The van der Waals surface area contributed by atoms with Crippen LogP contribution in [-0.4, -0.2) is 123 Å². The molecule has 3 amide bonds. The number of aliphatic carboxylic acids is 1. The molecule has 0 aliphatic heterocycles. The Kier molecular flexibility index (Phi) is 23.0. The molecule has 0 saturated heterocycles. The van der Waals surface area contributed by atoms with Crippen LogP contribution in [0.2, 0.25) is 0 Å². The van der Waals surface area contributed by atoms with E-state index in [1.807, 2.05) is 39.0 Å². The highest BCUT2D eigenvalue weighted by Crippen LogP contribution is 2.46. The molecule has 9 atom stereocenters. The highest BCUT2D eigenvalue weighted by Gasteiger charge is 2.41. The first-order valence-corrected chi connectivity index (χ1v) is 38.0. The summed E-state index contributed by atoms with van der Waals surface area (Å²) < 4.78 is 83.3. The lowest BCUT2D eigenvalue weighted by atomic mass is 9.93. The molecule has 29 nitrogen and oxygen atoms in total. The quantitative estimate of drug-likeness (QED) is 0.0294. The molecule has 8 N–H and O–H groups in total. The van der Waals surface area contributed by atoms with Gasteiger partial charge in [0.15, 0.2) is 34.2 Å². The number of ketones is 1. The minimum atomic E-state index is -3.82. The molecular formula is C70H85N17O12S3. The van der Waals surface area contributed by atoms with Gasteiger partial charge in [0.2, 0.25) is 17.7 Å². The van der Waals surface area contributed by atoms with Gasteiger partial charge in [-0.05, 0) is 144 Å². The first-order chi connectivity index (χ1) is 48.5. The monoisotopic (exact) mass is 1450 g/mol. The van der Waals surface area contributed by atoms with Gasteiger partial charge in [0.1, 0.15) is 22.6 Å². The Labute approximate surface area is 591 Å². The highest BCUT2D eigenvalue weighted by molar-refractivity contribution is 7.90. The predicted molar refractivity (Wildman–Crippen MR) is 383 cm³/mol. The third-order valence-electron chi connectivity index (χ3n) is 19.1. The van der Waals surface area contributed by atoms with E-state index >= 15 is 0 Å². The number of hydrazine groups is 2. The summed E-state index contributed by atoms with van der Waals surface area (Å²) in [5.41, 5.74) is 13.6. The fourth-order valence-corrected chi connectivity index (χ4v) is 17.9. The summed E-state index contributed by atoms with van der Waals surface area (Å²) in [6.07, 6.45) is 16.6. The molecule has 3 aliphatic rings. The number of nitrogens with one attached hydrogen (secondary N) is 5. The van der Waals surface area contributed by atoms with Crippen molar-refractivity contribution in [2.75, 3.05) is 10.9 Å². The summed E-state index contributed by atoms with van der Waals surface area (Å²) in [5, 5.41) is 23.5. The Hall–Kier alpha value is -10.1. The second-order valence-corrected chi connectivity index (χ2v) is 31.8. The first kappa shape index (κ1) is 74.6. The van der Waals surface area contributed by atoms with Gasteiger partial charge >= 0.3 is 5.97 Å². The number of amides is 3. The number of carboxylic acid groups (broad SMARTS) is 1. The van der Waals surface area contributed by atoms with E-state index in [2.05, 4.69) is 69.0 Å². The largest absolute Gasteiger partial charge is 0.481 e. The van der Waals surface area contributed by atoms with Gasteiger partial charge in [-0.1, -0.05) is 93.1 Å². The van der Waals surface area contributed by atoms with Gasteiger partial charge in [0, 0.05) is 62.8 Å². The average Bonchev–Trinajstić information content (AvgIpc) is 1.58. The third-order valence-corrected chi connectivity index (χ3v) is 24.1. The van der Waals surface area contributed by atoms with Crippen LogP contribution < -0.4 is 32.8 Å². The van der Waals surface area contributed by atoms with E-state index in [9.17, 15) is 49.2 Å². The van der Waals surface area contributed by atoms with Gasteiger partial charge in [-0.25, -0.2) is 67.9 Å². The summed E-state index contributed by atoms with van der Waals surface area (Å²) in [6, 6.07) is 24.9. The van der Waals surface area contributed by atoms with Gasteiger partial charge in [0.05, 0.1) is 44.7 Å².